The molecule has 118 valence electrons. The van der Waals surface area contributed by atoms with Gasteiger partial charge in [0.2, 0.25) is 0 Å². The molecular formula is C17H23IN4. The van der Waals surface area contributed by atoms with Crippen molar-refractivity contribution in [2.75, 3.05) is 13.1 Å². The standard InChI is InChI=1S/C17H22N4.HI/c1-2-18-17(21-14-9-10-14)19-12-11-15-8-7-13-5-3-4-6-16(13)20-15;/h3-8,14H,2,9-12H2,1H3,(H2,18,19,21);1H. The van der Waals surface area contributed by atoms with Gasteiger partial charge in [0.1, 0.15) is 0 Å². The van der Waals surface area contributed by atoms with Crippen LogP contribution in [0.3, 0.4) is 0 Å². The highest BCUT2D eigenvalue weighted by molar-refractivity contribution is 14.0. The molecule has 0 spiro atoms. The lowest BCUT2D eigenvalue weighted by Gasteiger charge is -2.10. The third kappa shape index (κ3) is 4.83. The van der Waals surface area contributed by atoms with Crippen LogP contribution in [0.4, 0.5) is 0 Å². The molecule has 0 radical (unpaired) electrons. The van der Waals surface area contributed by atoms with E-state index in [-0.39, 0.29) is 24.0 Å². The fourth-order valence-electron chi connectivity index (χ4n) is 2.27. The number of fused-ring (bicyclic) bond motifs is 1. The van der Waals surface area contributed by atoms with E-state index in [1.54, 1.807) is 0 Å². The molecule has 0 bridgehead atoms. The van der Waals surface area contributed by atoms with Gasteiger partial charge in [0, 0.05) is 36.6 Å². The first-order valence-corrected chi connectivity index (χ1v) is 7.74. The lowest BCUT2D eigenvalue weighted by atomic mass is 10.2. The van der Waals surface area contributed by atoms with Crippen molar-refractivity contribution in [3.05, 3.63) is 42.1 Å². The van der Waals surface area contributed by atoms with Crippen molar-refractivity contribution >= 4 is 40.8 Å². The summed E-state index contributed by atoms with van der Waals surface area (Å²) in [5, 5.41) is 7.90. The Balaban J connectivity index is 0.00000176. The lowest BCUT2D eigenvalue weighted by molar-refractivity contribution is 0.805. The molecule has 0 aliphatic heterocycles. The minimum atomic E-state index is 0. The fourth-order valence-corrected chi connectivity index (χ4v) is 2.27. The Morgan fingerprint density at radius 1 is 1.23 bits per heavy atom. The van der Waals surface area contributed by atoms with Gasteiger partial charge in [-0.2, -0.15) is 0 Å². The van der Waals surface area contributed by atoms with E-state index < -0.39 is 0 Å². The zero-order chi connectivity index (χ0) is 14.5. The molecule has 0 unspecified atom stereocenters. The number of rotatable bonds is 5. The first-order valence-electron chi connectivity index (χ1n) is 7.74. The molecule has 3 rings (SSSR count). The highest BCUT2D eigenvalue weighted by Crippen LogP contribution is 2.18. The normalized spacial score (nSPS) is 14.5. The number of hydrogen-bond acceptors (Lipinski definition) is 2. The van der Waals surface area contributed by atoms with Gasteiger partial charge >= 0.3 is 0 Å². The third-order valence-electron chi connectivity index (χ3n) is 3.56. The number of guanidine groups is 1. The number of nitrogens with one attached hydrogen (secondary N) is 2. The van der Waals surface area contributed by atoms with Gasteiger partial charge in [-0.05, 0) is 31.9 Å². The number of aliphatic imine (C=N–C) groups is 1. The van der Waals surface area contributed by atoms with Crippen LogP contribution in [0.5, 0.6) is 0 Å². The molecule has 5 heteroatoms. The van der Waals surface area contributed by atoms with Gasteiger partial charge in [-0.15, -0.1) is 24.0 Å². The van der Waals surface area contributed by atoms with Crippen molar-refractivity contribution in [2.24, 2.45) is 4.99 Å². The van der Waals surface area contributed by atoms with Crippen LogP contribution in [0.25, 0.3) is 10.9 Å². The van der Waals surface area contributed by atoms with Crippen molar-refractivity contribution in [2.45, 2.75) is 32.2 Å². The lowest BCUT2D eigenvalue weighted by Crippen LogP contribution is -2.38. The maximum Gasteiger partial charge on any atom is 0.191 e. The Labute approximate surface area is 148 Å². The fraction of sp³-hybridized carbons (Fsp3) is 0.412. The number of halogens is 1. The molecule has 1 aromatic carbocycles. The number of hydrogen-bond donors (Lipinski definition) is 2. The molecule has 1 aromatic heterocycles. The Bertz CT molecular complexity index is 637. The first-order chi connectivity index (χ1) is 10.3. The summed E-state index contributed by atoms with van der Waals surface area (Å²) < 4.78 is 0. The van der Waals surface area contributed by atoms with Crippen LogP contribution in [0.1, 0.15) is 25.5 Å². The summed E-state index contributed by atoms with van der Waals surface area (Å²) in [6, 6.07) is 13.1. The number of aromatic nitrogens is 1. The molecule has 1 aliphatic carbocycles. The molecule has 1 fully saturated rings. The summed E-state index contributed by atoms with van der Waals surface area (Å²) in [5.74, 6) is 0.931. The second-order valence-corrected chi connectivity index (χ2v) is 5.42. The van der Waals surface area contributed by atoms with Crippen molar-refractivity contribution in [3.63, 3.8) is 0 Å². The van der Waals surface area contributed by atoms with E-state index in [1.165, 1.54) is 18.2 Å². The summed E-state index contributed by atoms with van der Waals surface area (Å²) in [6.45, 7) is 3.75. The SMILES string of the molecule is CCNC(=NCCc1ccc2ccccc2n1)NC1CC1.I. The Kier molecular flexibility index (Phi) is 6.42. The van der Waals surface area contributed by atoms with E-state index in [0.717, 1.165) is 36.7 Å². The molecule has 2 aromatic rings. The van der Waals surface area contributed by atoms with Crippen LogP contribution >= 0.6 is 24.0 Å². The highest BCUT2D eigenvalue weighted by Gasteiger charge is 2.21. The van der Waals surface area contributed by atoms with Crippen LogP contribution in [-0.4, -0.2) is 30.1 Å². The number of nitrogens with zero attached hydrogens (tertiary/aromatic N) is 2. The van der Waals surface area contributed by atoms with Gasteiger partial charge in [-0.25, -0.2) is 0 Å². The van der Waals surface area contributed by atoms with Gasteiger partial charge in [-0.3, -0.25) is 9.98 Å². The summed E-state index contributed by atoms with van der Waals surface area (Å²) in [7, 11) is 0. The van der Waals surface area contributed by atoms with E-state index in [2.05, 4.69) is 51.8 Å². The topological polar surface area (TPSA) is 49.3 Å². The van der Waals surface area contributed by atoms with Gasteiger partial charge in [-0.1, -0.05) is 24.3 Å². The van der Waals surface area contributed by atoms with Crippen LogP contribution in [0, 0.1) is 0 Å². The Hall–Kier alpha value is -1.37. The Morgan fingerprint density at radius 2 is 2.05 bits per heavy atom. The Morgan fingerprint density at radius 3 is 2.82 bits per heavy atom. The van der Waals surface area contributed by atoms with Gasteiger partial charge in [0.15, 0.2) is 5.96 Å². The smallest absolute Gasteiger partial charge is 0.191 e. The average molecular weight is 410 g/mol. The molecule has 22 heavy (non-hydrogen) atoms. The minimum Gasteiger partial charge on any atom is -0.357 e. The van der Waals surface area contributed by atoms with Gasteiger partial charge < -0.3 is 10.6 Å². The summed E-state index contributed by atoms with van der Waals surface area (Å²) >= 11 is 0. The third-order valence-corrected chi connectivity index (χ3v) is 3.56. The largest absolute Gasteiger partial charge is 0.357 e. The second-order valence-electron chi connectivity index (χ2n) is 5.42. The molecule has 2 N–H and O–H groups in total. The average Bonchev–Trinajstić information content (AvgIpc) is 3.31. The van der Waals surface area contributed by atoms with Crippen molar-refractivity contribution in [1.29, 1.82) is 0 Å². The molecule has 1 heterocycles. The zero-order valence-corrected chi connectivity index (χ0v) is 15.2. The predicted octanol–water partition coefficient (Wildman–Crippen LogP) is 3.11. The number of pyridine rings is 1. The minimum absolute atomic E-state index is 0. The van der Waals surface area contributed by atoms with Crippen LogP contribution < -0.4 is 10.6 Å². The summed E-state index contributed by atoms with van der Waals surface area (Å²) in [6.07, 6.45) is 3.39. The monoisotopic (exact) mass is 410 g/mol. The number of para-hydroxylation sites is 1. The van der Waals surface area contributed by atoms with E-state index in [1.807, 2.05) is 12.1 Å². The predicted molar refractivity (Wildman–Crippen MR) is 103 cm³/mol. The molecule has 0 saturated heterocycles. The van der Waals surface area contributed by atoms with Crippen LogP contribution in [0.15, 0.2) is 41.4 Å². The molecule has 1 saturated carbocycles. The van der Waals surface area contributed by atoms with Crippen molar-refractivity contribution in [3.8, 4) is 0 Å². The molecular weight excluding hydrogens is 387 g/mol. The number of benzene rings is 1. The van der Waals surface area contributed by atoms with E-state index >= 15 is 0 Å². The summed E-state index contributed by atoms with van der Waals surface area (Å²) in [5.41, 5.74) is 2.15. The quantitative estimate of drug-likeness (QED) is 0.453. The summed E-state index contributed by atoms with van der Waals surface area (Å²) in [4.78, 5) is 9.30. The molecule has 0 atom stereocenters. The maximum absolute atomic E-state index is 4.68. The maximum atomic E-state index is 4.68. The van der Waals surface area contributed by atoms with E-state index in [9.17, 15) is 0 Å². The molecule has 1 aliphatic rings. The van der Waals surface area contributed by atoms with Crippen LogP contribution in [-0.2, 0) is 6.42 Å². The zero-order valence-electron chi connectivity index (χ0n) is 12.9. The highest BCUT2D eigenvalue weighted by atomic mass is 127. The van der Waals surface area contributed by atoms with Crippen molar-refractivity contribution in [1.82, 2.24) is 15.6 Å². The molecule has 4 nitrogen and oxygen atoms in total. The first kappa shape index (κ1) is 17.0. The van der Waals surface area contributed by atoms with Gasteiger partial charge in [0.05, 0.1) is 5.52 Å². The van der Waals surface area contributed by atoms with E-state index in [0.29, 0.717) is 6.04 Å². The second kappa shape index (κ2) is 8.31. The van der Waals surface area contributed by atoms with Crippen molar-refractivity contribution < 1.29 is 0 Å². The molecule has 0 amide bonds. The van der Waals surface area contributed by atoms with E-state index in [4.69, 9.17) is 0 Å². The van der Waals surface area contributed by atoms with Crippen LogP contribution in [0.2, 0.25) is 0 Å². The van der Waals surface area contributed by atoms with Gasteiger partial charge in [0.25, 0.3) is 0 Å².